The minimum atomic E-state index is -3.53. The molecule has 126 valence electrons. The van der Waals surface area contributed by atoms with Gasteiger partial charge in [-0.1, -0.05) is 5.16 Å². The van der Waals surface area contributed by atoms with Crippen LogP contribution in [0, 0.1) is 27.7 Å². The normalized spacial score (nSPS) is 17.7. The number of hydrogen-bond donors (Lipinski definition) is 0. The Morgan fingerprint density at radius 3 is 2.26 bits per heavy atom. The van der Waals surface area contributed by atoms with Gasteiger partial charge in [-0.2, -0.15) is 4.31 Å². The maximum atomic E-state index is 12.8. The Hall–Kier alpha value is -1.25. The summed E-state index contributed by atoms with van der Waals surface area (Å²) in [5, 5.41) is 4.90. The molecule has 2 aromatic rings. The van der Waals surface area contributed by atoms with Crippen molar-refractivity contribution < 1.29 is 12.9 Å². The van der Waals surface area contributed by atoms with Crippen LogP contribution in [0.25, 0.3) is 0 Å². The van der Waals surface area contributed by atoms with Gasteiger partial charge in [0, 0.05) is 23.9 Å². The van der Waals surface area contributed by atoms with Gasteiger partial charge in [0.15, 0.2) is 5.76 Å². The van der Waals surface area contributed by atoms with Gasteiger partial charge in [0.05, 0.1) is 10.7 Å². The van der Waals surface area contributed by atoms with Crippen molar-refractivity contribution in [2.75, 3.05) is 13.1 Å². The van der Waals surface area contributed by atoms with Crippen LogP contribution in [0.4, 0.5) is 0 Å². The van der Waals surface area contributed by atoms with Gasteiger partial charge >= 0.3 is 0 Å². The monoisotopic (exact) mass is 355 g/mol. The number of rotatable bonds is 3. The van der Waals surface area contributed by atoms with Crippen molar-refractivity contribution >= 4 is 21.4 Å². The highest BCUT2D eigenvalue weighted by atomic mass is 32.2. The molecule has 0 unspecified atom stereocenters. The van der Waals surface area contributed by atoms with Crippen molar-refractivity contribution in [3.05, 3.63) is 27.0 Å². The van der Waals surface area contributed by atoms with Crippen molar-refractivity contribution in [3.63, 3.8) is 0 Å². The Balaban J connectivity index is 1.76. The largest absolute Gasteiger partial charge is 0.360 e. The van der Waals surface area contributed by atoms with Gasteiger partial charge in [-0.05, 0) is 40.5 Å². The molecule has 0 saturated carbocycles. The lowest BCUT2D eigenvalue weighted by molar-refractivity contribution is 0.318. The molecule has 8 heteroatoms. The first-order valence-corrected chi connectivity index (χ1v) is 9.93. The molecule has 1 aliphatic heterocycles. The van der Waals surface area contributed by atoms with E-state index in [1.165, 1.54) is 4.88 Å². The summed E-state index contributed by atoms with van der Waals surface area (Å²) < 4.78 is 32.2. The SMILES string of the molecule is Cc1nc(C2CCN(S(=O)(=O)c3c(C)noc3C)CC2)sc1C. The molecule has 1 aliphatic rings. The highest BCUT2D eigenvalue weighted by molar-refractivity contribution is 7.89. The fourth-order valence-corrected chi connectivity index (χ4v) is 5.84. The zero-order chi connectivity index (χ0) is 16.8. The maximum Gasteiger partial charge on any atom is 0.248 e. The van der Waals surface area contributed by atoms with Crippen molar-refractivity contribution in [3.8, 4) is 0 Å². The van der Waals surface area contributed by atoms with E-state index in [9.17, 15) is 8.42 Å². The average Bonchev–Trinajstić information content (AvgIpc) is 3.02. The van der Waals surface area contributed by atoms with Crippen LogP contribution >= 0.6 is 11.3 Å². The fourth-order valence-electron chi connectivity index (χ4n) is 2.99. The Bertz CT molecular complexity index is 776. The highest BCUT2D eigenvalue weighted by Gasteiger charge is 2.34. The van der Waals surface area contributed by atoms with E-state index in [4.69, 9.17) is 4.52 Å². The van der Waals surface area contributed by atoms with Gasteiger partial charge in [-0.3, -0.25) is 0 Å². The summed E-state index contributed by atoms with van der Waals surface area (Å²) in [6, 6.07) is 0. The van der Waals surface area contributed by atoms with Crippen molar-refractivity contribution in [2.45, 2.75) is 51.3 Å². The molecule has 1 saturated heterocycles. The summed E-state index contributed by atoms with van der Waals surface area (Å²) >= 11 is 1.73. The van der Waals surface area contributed by atoms with E-state index < -0.39 is 10.0 Å². The van der Waals surface area contributed by atoms with Crippen LogP contribution in [0.5, 0.6) is 0 Å². The quantitative estimate of drug-likeness (QED) is 0.846. The summed E-state index contributed by atoms with van der Waals surface area (Å²) in [5.41, 5.74) is 1.51. The van der Waals surface area contributed by atoms with E-state index in [2.05, 4.69) is 17.1 Å². The topological polar surface area (TPSA) is 76.3 Å². The van der Waals surface area contributed by atoms with Crippen molar-refractivity contribution in [2.24, 2.45) is 0 Å². The average molecular weight is 355 g/mol. The number of nitrogens with zero attached hydrogens (tertiary/aromatic N) is 3. The van der Waals surface area contributed by atoms with Crippen molar-refractivity contribution in [1.82, 2.24) is 14.4 Å². The number of aryl methyl sites for hydroxylation is 4. The van der Waals surface area contributed by atoms with E-state index in [0.29, 0.717) is 30.5 Å². The molecule has 0 atom stereocenters. The molecule has 1 fully saturated rings. The summed E-state index contributed by atoms with van der Waals surface area (Å²) in [7, 11) is -3.53. The van der Waals surface area contributed by atoms with E-state index in [1.807, 2.05) is 6.92 Å². The molecule has 0 amide bonds. The van der Waals surface area contributed by atoms with Gasteiger partial charge in [-0.15, -0.1) is 11.3 Å². The summed E-state index contributed by atoms with van der Waals surface area (Å²) in [6.07, 6.45) is 1.60. The zero-order valence-electron chi connectivity index (χ0n) is 13.8. The van der Waals surface area contributed by atoms with E-state index in [-0.39, 0.29) is 4.90 Å². The molecule has 0 radical (unpaired) electrons. The van der Waals surface area contributed by atoms with Crippen LogP contribution < -0.4 is 0 Å². The number of sulfonamides is 1. The molecular weight excluding hydrogens is 334 g/mol. The van der Waals surface area contributed by atoms with Crippen LogP contribution in [0.2, 0.25) is 0 Å². The third-order valence-electron chi connectivity index (χ3n) is 4.41. The molecule has 3 rings (SSSR count). The van der Waals surface area contributed by atoms with Gasteiger partial charge < -0.3 is 4.52 Å². The second kappa shape index (κ2) is 5.99. The number of piperidine rings is 1. The predicted octanol–water partition coefficient (Wildman–Crippen LogP) is 2.93. The van der Waals surface area contributed by atoms with E-state index >= 15 is 0 Å². The lowest BCUT2D eigenvalue weighted by Gasteiger charge is -2.30. The van der Waals surface area contributed by atoms with E-state index in [0.717, 1.165) is 23.5 Å². The minimum Gasteiger partial charge on any atom is -0.360 e. The van der Waals surface area contributed by atoms with Gasteiger partial charge in [0.1, 0.15) is 10.6 Å². The second-order valence-corrected chi connectivity index (χ2v) is 9.13. The summed E-state index contributed by atoms with van der Waals surface area (Å²) in [4.78, 5) is 6.09. The first-order chi connectivity index (χ1) is 10.8. The summed E-state index contributed by atoms with van der Waals surface area (Å²) in [5.74, 6) is 0.708. The molecule has 3 heterocycles. The first-order valence-electron chi connectivity index (χ1n) is 7.67. The first kappa shape index (κ1) is 16.6. The molecule has 2 aromatic heterocycles. The molecule has 6 nitrogen and oxygen atoms in total. The van der Waals surface area contributed by atoms with Crippen LogP contribution in [0.3, 0.4) is 0 Å². The fraction of sp³-hybridized carbons (Fsp3) is 0.600. The summed E-state index contributed by atoms with van der Waals surface area (Å²) in [6.45, 7) is 8.42. The molecule has 23 heavy (non-hydrogen) atoms. The van der Waals surface area contributed by atoms with Gasteiger partial charge in [0.25, 0.3) is 0 Å². The van der Waals surface area contributed by atoms with Crippen LogP contribution in [-0.4, -0.2) is 36.0 Å². The Morgan fingerprint density at radius 2 is 1.78 bits per heavy atom. The maximum absolute atomic E-state index is 12.8. The van der Waals surface area contributed by atoms with Crippen LogP contribution in [0.1, 0.15) is 45.8 Å². The number of aromatic nitrogens is 2. The number of thiazole rings is 1. The van der Waals surface area contributed by atoms with Crippen LogP contribution in [0.15, 0.2) is 9.42 Å². The number of hydrogen-bond acceptors (Lipinski definition) is 6. The third kappa shape index (κ3) is 2.95. The lowest BCUT2D eigenvalue weighted by atomic mass is 9.99. The second-order valence-electron chi connectivity index (χ2n) is 6.03. The van der Waals surface area contributed by atoms with Crippen LogP contribution in [-0.2, 0) is 10.0 Å². The Kier molecular flexibility index (Phi) is 4.33. The van der Waals surface area contributed by atoms with Crippen molar-refractivity contribution in [1.29, 1.82) is 0 Å². The van der Waals surface area contributed by atoms with Gasteiger partial charge in [0.2, 0.25) is 10.0 Å². The molecule has 0 N–H and O–H groups in total. The zero-order valence-corrected chi connectivity index (χ0v) is 15.4. The third-order valence-corrected chi connectivity index (χ3v) is 7.79. The minimum absolute atomic E-state index is 0.219. The van der Waals surface area contributed by atoms with E-state index in [1.54, 1.807) is 29.5 Å². The standard InChI is InChI=1S/C15H21N3O3S2/c1-9-12(4)22-15(16-9)13-5-7-18(8-6-13)23(19,20)14-10(2)17-21-11(14)3/h13H,5-8H2,1-4H3. The Labute approximate surface area is 140 Å². The highest BCUT2D eigenvalue weighted by Crippen LogP contribution is 2.34. The predicted molar refractivity (Wildman–Crippen MR) is 88.3 cm³/mol. The molecule has 0 spiro atoms. The molecule has 0 aliphatic carbocycles. The molecular formula is C15H21N3O3S2. The lowest BCUT2D eigenvalue weighted by Crippen LogP contribution is -2.38. The van der Waals surface area contributed by atoms with Gasteiger partial charge in [-0.25, -0.2) is 13.4 Å². The molecule has 0 aromatic carbocycles. The molecule has 0 bridgehead atoms. The smallest absolute Gasteiger partial charge is 0.248 e. The Morgan fingerprint density at radius 1 is 1.13 bits per heavy atom.